The fourth-order valence-corrected chi connectivity index (χ4v) is 3.16. The number of esters is 1. The van der Waals surface area contributed by atoms with Crippen molar-refractivity contribution in [1.82, 2.24) is 9.97 Å². The lowest BCUT2D eigenvalue weighted by atomic mass is 10.1. The van der Waals surface area contributed by atoms with Crippen molar-refractivity contribution in [2.75, 3.05) is 11.9 Å². The lowest BCUT2D eigenvalue weighted by Gasteiger charge is -2.11. The molecule has 0 radical (unpaired) electrons. The van der Waals surface area contributed by atoms with Crippen molar-refractivity contribution in [3.05, 3.63) is 57.8 Å². The Hall–Kier alpha value is -2.57. The number of halogens is 2. The lowest BCUT2D eigenvalue weighted by molar-refractivity contribution is -0.144. The average Bonchev–Trinajstić information content (AvgIpc) is 3.04. The second kappa shape index (κ2) is 9.08. The number of hydrogen-bond acceptors (Lipinski definition) is 4. The van der Waals surface area contributed by atoms with Crippen LogP contribution in [0.5, 0.6) is 0 Å². The first-order chi connectivity index (χ1) is 13.4. The number of anilines is 1. The minimum atomic E-state index is -0.394. The molecule has 1 heterocycles. The van der Waals surface area contributed by atoms with Crippen molar-refractivity contribution < 1.29 is 14.3 Å². The molecule has 3 aromatic rings. The molecule has 0 aliphatic rings. The van der Waals surface area contributed by atoms with Crippen molar-refractivity contribution in [1.29, 1.82) is 0 Å². The van der Waals surface area contributed by atoms with Crippen molar-refractivity contribution in [3.8, 4) is 0 Å². The van der Waals surface area contributed by atoms with E-state index in [1.807, 2.05) is 12.1 Å². The van der Waals surface area contributed by atoms with Crippen molar-refractivity contribution in [2.24, 2.45) is 0 Å². The maximum absolute atomic E-state index is 12.2. The van der Waals surface area contributed by atoms with E-state index in [1.165, 1.54) is 0 Å². The van der Waals surface area contributed by atoms with Gasteiger partial charge in [0.1, 0.15) is 5.82 Å². The summed E-state index contributed by atoms with van der Waals surface area (Å²) in [5, 5.41) is 4.01. The number of H-pyrrole nitrogens is 1. The van der Waals surface area contributed by atoms with E-state index in [9.17, 15) is 9.59 Å². The highest BCUT2D eigenvalue weighted by Crippen LogP contribution is 2.25. The van der Waals surface area contributed by atoms with Crippen LogP contribution in [-0.2, 0) is 20.7 Å². The Bertz CT molecular complexity index is 1020. The number of hydrogen-bond donors (Lipinski definition) is 2. The van der Waals surface area contributed by atoms with Crippen LogP contribution in [0.2, 0.25) is 10.0 Å². The third-order valence-corrected chi connectivity index (χ3v) is 4.52. The number of imidazole rings is 1. The van der Waals surface area contributed by atoms with E-state index >= 15 is 0 Å². The number of amides is 1. The van der Waals surface area contributed by atoms with E-state index in [1.54, 1.807) is 31.2 Å². The first kappa shape index (κ1) is 20.2. The Labute approximate surface area is 172 Å². The van der Waals surface area contributed by atoms with Gasteiger partial charge in [0.05, 0.1) is 24.1 Å². The van der Waals surface area contributed by atoms with Gasteiger partial charge in [-0.3, -0.25) is 9.59 Å². The molecule has 28 heavy (non-hydrogen) atoms. The molecule has 0 aliphatic heterocycles. The van der Waals surface area contributed by atoms with E-state index in [2.05, 4.69) is 15.3 Å². The Morgan fingerprint density at radius 1 is 1.11 bits per heavy atom. The normalized spacial score (nSPS) is 10.8. The minimum Gasteiger partial charge on any atom is -0.466 e. The number of carbonyl (C=O) groups excluding carboxylic acids is 2. The molecule has 0 bridgehead atoms. The molecule has 0 saturated carbocycles. The third kappa shape index (κ3) is 5.24. The smallest absolute Gasteiger partial charge is 0.306 e. The molecular weight excluding hydrogens is 401 g/mol. The van der Waals surface area contributed by atoms with E-state index < -0.39 is 5.97 Å². The molecule has 0 fully saturated rings. The fraction of sp³-hybridized carbons (Fsp3) is 0.250. The van der Waals surface area contributed by atoms with Gasteiger partial charge in [-0.2, -0.15) is 0 Å². The molecule has 1 aromatic heterocycles. The van der Waals surface area contributed by atoms with Gasteiger partial charge in [-0.25, -0.2) is 4.98 Å². The van der Waals surface area contributed by atoms with Crippen molar-refractivity contribution in [2.45, 2.75) is 26.2 Å². The van der Waals surface area contributed by atoms with Crippen LogP contribution < -0.4 is 5.32 Å². The number of nitrogens with zero attached hydrogens (tertiary/aromatic N) is 1. The van der Waals surface area contributed by atoms with Crippen LogP contribution in [0.15, 0.2) is 36.4 Å². The lowest BCUT2D eigenvalue weighted by Crippen LogP contribution is -2.15. The van der Waals surface area contributed by atoms with Crippen molar-refractivity contribution >= 4 is 51.8 Å². The molecule has 2 aromatic carbocycles. The largest absolute Gasteiger partial charge is 0.466 e. The molecular formula is C20H19Cl2N3O3. The van der Waals surface area contributed by atoms with Crippen LogP contribution in [-0.4, -0.2) is 28.5 Å². The summed E-state index contributed by atoms with van der Waals surface area (Å²) in [6.45, 7) is 2.02. The first-order valence-electron chi connectivity index (χ1n) is 8.82. The van der Waals surface area contributed by atoms with Crippen LogP contribution in [0.25, 0.3) is 11.0 Å². The number of aromatic nitrogens is 2. The predicted molar refractivity (Wildman–Crippen MR) is 110 cm³/mol. The van der Waals surface area contributed by atoms with Crippen LogP contribution in [0.1, 0.15) is 31.2 Å². The third-order valence-electron chi connectivity index (χ3n) is 4.05. The summed E-state index contributed by atoms with van der Waals surface area (Å²) >= 11 is 12.2. The number of nitrogens with one attached hydrogen (secondary N) is 2. The molecule has 0 saturated heterocycles. The van der Waals surface area contributed by atoms with Gasteiger partial charge in [0, 0.05) is 28.6 Å². The standard InChI is InChI=1S/C20H19Cl2N3O3/c1-2-28-20(27)8-7-19(26)25-15-5-3-13(21)9-12(15)10-18-23-16-6-4-14(22)11-17(16)24-18/h3-6,9,11H,2,7-8,10H2,1H3,(H,23,24)(H,25,26). The molecule has 0 atom stereocenters. The van der Waals surface area contributed by atoms with Crippen LogP contribution in [0.4, 0.5) is 5.69 Å². The Kier molecular flexibility index (Phi) is 6.54. The monoisotopic (exact) mass is 419 g/mol. The van der Waals surface area contributed by atoms with E-state index in [4.69, 9.17) is 27.9 Å². The van der Waals surface area contributed by atoms with Crippen LogP contribution in [0, 0.1) is 0 Å². The minimum absolute atomic E-state index is 0.0347. The maximum atomic E-state index is 12.2. The summed E-state index contributed by atoms with van der Waals surface area (Å²) < 4.78 is 4.84. The highest BCUT2D eigenvalue weighted by Gasteiger charge is 2.13. The van der Waals surface area contributed by atoms with Gasteiger partial charge in [-0.05, 0) is 48.9 Å². The van der Waals surface area contributed by atoms with Gasteiger partial charge in [0.2, 0.25) is 5.91 Å². The number of benzene rings is 2. The molecule has 0 aliphatic carbocycles. The zero-order valence-corrected chi connectivity index (χ0v) is 16.7. The highest BCUT2D eigenvalue weighted by atomic mass is 35.5. The number of fused-ring (bicyclic) bond motifs is 1. The molecule has 2 N–H and O–H groups in total. The molecule has 6 nitrogen and oxygen atoms in total. The molecule has 0 spiro atoms. The molecule has 8 heteroatoms. The van der Waals surface area contributed by atoms with Crippen LogP contribution in [0.3, 0.4) is 0 Å². The summed E-state index contributed by atoms with van der Waals surface area (Å²) in [6.07, 6.45) is 0.525. The number of aromatic amines is 1. The van der Waals surface area contributed by atoms with Gasteiger partial charge >= 0.3 is 5.97 Å². The van der Waals surface area contributed by atoms with Gasteiger partial charge in [-0.1, -0.05) is 23.2 Å². The zero-order chi connectivity index (χ0) is 20.1. The summed E-state index contributed by atoms with van der Waals surface area (Å²) in [5.74, 6) is 0.0597. The molecule has 1 amide bonds. The average molecular weight is 420 g/mol. The number of ether oxygens (including phenoxy) is 1. The van der Waals surface area contributed by atoms with Gasteiger partial charge in [0.15, 0.2) is 0 Å². The summed E-state index contributed by atoms with van der Waals surface area (Å²) in [5.41, 5.74) is 3.07. The number of rotatable bonds is 7. The Morgan fingerprint density at radius 3 is 2.64 bits per heavy atom. The topological polar surface area (TPSA) is 84.1 Å². The van der Waals surface area contributed by atoms with E-state index in [0.29, 0.717) is 28.8 Å². The second-order valence-electron chi connectivity index (χ2n) is 6.18. The number of carbonyl (C=O) groups is 2. The fourth-order valence-electron chi connectivity index (χ4n) is 2.79. The molecule has 146 valence electrons. The zero-order valence-electron chi connectivity index (χ0n) is 15.2. The van der Waals surface area contributed by atoms with Gasteiger partial charge in [0.25, 0.3) is 0 Å². The quantitative estimate of drug-likeness (QED) is 0.541. The Balaban J connectivity index is 1.74. The highest BCUT2D eigenvalue weighted by molar-refractivity contribution is 6.31. The van der Waals surface area contributed by atoms with E-state index in [0.717, 1.165) is 22.4 Å². The van der Waals surface area contributed by atoms with Gasteiger partial charge < -0.3 is 15.0 Å². The second-order valence-corrected chi connectivity index (χ2v) is 7.05. The summed E-state index contributed by atoms with van der Waals surface area (Å²) in [4.78, 5) is 31.4. The maximum Gasteiger partial charge on any atom is 0.306 e. The Morgan fingerprint density at radius 2 is 1.86 bits per heavy atom. The SMILES string of the molecule is CCOC(=O)CCC(=O)Nc1ccc(Cl)cc1Cc1nc2ccc(Cl)cc2[nH]1. The predicted octanol–water partition coefficient (Wildman–Crippen LogP) is 4.74. The van der Waals surface area contributed by atoms with Gasteiger partial charge in [-0.15, -0.1) is 0 Å². The van der Waals surface area contributed by atoms with E-state index in [-0.39, 0.29) is 18.7 Å². The summed E-state index contributed by atoms with van der Waals surface area (Å²) in [6, 6.07) is 10.6. The molecule has 3 rings (SSSR count). The first-order valence-corrected chi connectivity index (χ1v) is 9.58. The van der Waals surface area contributed by atoms with Crippen LogP contribution >= 0.6 is 23.2 Å². The van der Waals surface area contributed by atoms with Crippen molar-refractivity contribution in [3.63, 3.8) is 0 Å². The molecule has 0 unspecified atom stereocenters. The summed E-state index contributed by atoms with van der Waals surface area (Å²) in [7, 11) is 0.